The topological polar surface area (TPSA) is 74.7 Å². The number of benzene rings is 1. The summed E-state index contributed by atoms with van der Waals surface area (Å²) in [6.07, 6.45) is 3.18. The highest BCUT2D eigenvalue weighted by atomic mass is 32.2. The number of likely N-dealkylation sites (tertiary alicyclic amines) is 1. The fourth-order valence-electron chi connectivity index (χ4n) is 2.68. The Balaban J connectivity index is 1.75. The summed E-state index contributed by atoms with van der Waals surface area (Å²) in [6.45, 7) is 0.694. The molecular weight excluding hydrogens is 278 g/mol. The van der Waals surface area contributed by atoms with Crippen molar-refractivity contribution >= 4 is 15.7 Å². The molecule has 1 aromatic rings. The molecule has 1 aliphatic heterocycles. The summed E-state index contributed by atoms with van der Waals surface area (Å²) in [5.41, 5.74) is -0.366. The number of hydrogen-bond donors (Lipinski definition) is 1. The average molecular weight is 295 g/mol. The summed E-state index contributed by atoms with van der Waals surface area (Å²) in [4.78, 5) is 14.0. The lowest BCUT2D eigenvalue weighted by atomic mass is 9.88. The van der Waals surface area contributed by atoms with E-state index in [2.05, 4.69) is 0 Å². The number of hydrogen-bond acceptors (Lipinski definition) is 4. The first kappa shape index (κ1) is 13.6. The van der Waals surface area contributed by atoms with Gasteiger partial charge in [-0.2, -0.15) is 0 Å². The predicted octanol–water partition coefficient (Wildman–Crippen LogP) is 0.687. The Morgan fingerprint density at radius 2 is 2.00 bits per heavy atom. The molecule has 1 heterocycles. The van der Waals surface area contributed by atoms with E-state index in [9.17, 15) is 18.3 Å². The summed E-state index contributed by atoms with van der Waals surface area (Å²) >= 11 is 0. The molecule has 0 spiro atoms. The van der Waals surface area contributed by atoms with Gasteiger partial charge in [0.15, 0.2) is 9.84 Å². The molecule has 0 aromatic heterocycles. The van der Waals surface area contributed by atoms with E-state index in [-0.39, 0.29) is 10.8 Å². The van der Waals surface area contributed by atoms with Crippen LogP contribution in [0.5, 0.6) is 0 Å². The molecule has 3 rings (SSSR count). The lowest BCUT2D eigenvalue weighted by Gasteiger charge is -2.47. The van der Waals surface area contributed by atoms with Crippen LogP contribution in [0.15, 0.2) is 29.2 Å². The Hall–Kier alpha value is -1.40. The van der Waals surface area contributed by atoms with E-state index in [0.717, 1.165) is 19.1 Å². The van der Waals surface area contributed by atoms with Gasteiger partial charge in [0, 0.05) is 11.8 Å². The Bertz CT molecular complexity index is 658. The number of carbonyl (C=O) groups excluding carboxylic acids is 1. The molecule has 2 fully saturated rings. The van der Waals surface area contributed by atoms with Crippen LogP contribution in [-0.2, 0) is 9.84 Å². The van der Waals surface area contributed by atoms with Crippen molar-refractivity contribution in [2.24, 2.45) is 5.92 Å². The number of β-amino-alcohol motifs (C(OH)–C–C–N with tert-alkyl or cyclic N) is 1. The maximum Gasteiger partial charge on any atom is 0.254 e. The van der Waals surface area contributed by atoms with Gasteiger partial charge in [-0.15, -0.1) is 0 Å². The first-order valence-corrected chi connectivity index (χ1v) is 8.50. The number of sulfone groups is 1. The highest BCUT2D eigenvalue weighted by molar-refractivity contribution is 7.90. The van der Waals surface area contributed by atoms with E-state index >= 15 is 0 Å². The largest absolute Gasteiger partial charge is 0.386 e. The summed E-state index contributed by atoms with van der Waals surface area (Å²) in [6, 6.07) is 6.04. The van der Waals surface area contributed by atoms with E-state index in [0.29, 0.717) is 24.6 Å². The third-order valence-electron chi connectivity index (χ3n) is 4.06. The van der Waals surface area contributed by atoms with Crippen LogP contribution in [-0.4, -0.2) is 49.3 Å². The van der Waals surface area contributed by atoms with Gasteiger partial charge in [-0.1, -0.05) is 6.07 Å². The molecular formula is C14H17NO4S. The van der Waals surface area contributed by atoms with E-state index in [4.69, 9.17) is 0 Å². The second-order valence-corrected chi connectivity index (χ2v) is 7.85. The van der Waals surface area contributed by atoms with Crippen molar-refractivity contribution in [3.63, 3.8) is 0 Å². The number of rotatable bonds is 3. The fourth-order valence-corrected chi connectivity index (χ4v) is 3.35. The molecule has 1 aromatic carbocycles. The molecule has 1 aliphatic carbocycles. The molecule has 2 aliphatic rings. The molecule has 1 saturated carbocycles. The summed E-state index contributed by atoms with van der Waals surface area (Å²) in [5, 5.41) is 10.2. The molecule has 0 atom stereocenters. The molecule has 108 valence electrons. The second kappa shape index (κ2) is 4.30. The normalized spacial score (nSPS) is 21.4. The van der Waals surface area contributed by atoms with Crippen LogP contribution >= 0.6 is 0 Å². The van der Waals surface area contributed by atoms with Gasteiger partial charge in [-0.25, -0.2) is 8.42 Å². The molecule has 0 bridgehead atoms. The van der Waals surface area contributed by atoms with Gasteiger partial charge in [0.2, 0.25) is 0 Å². The van der Waals surface area contributed by atoms with Crippen LogP contribution < -0.4 is 0 Å². The van der Waals surface area contributed by atoms with Crippen LogP contribution in [0.3, 0.4) is 0 Å². The minimum Gasteiger partial charge on any atom is -0.386 e. The third kappa shape index (κ3) is 2.33. The average Bonchev–Trinajstić information content (AvgIpc) is 3.18. The lowest BCUT2D eigenvalue weighted by molar-refractivity contribution is -0.0958. The molecule has 1 N–H and O–H groups in total. The molecule has 1 amide bonds. The molecule has 1 saturated heterocycles. The van der Waals surface area contributed by atoms with Crippen LogP contribution in [0.4, 0.5) is 0 Å². The van der Waals surface area contributed by atoms with E-state index in [1.165, 1.54) is 12.1 Å². The van der Waals surface area contributed by atoms with Crippen molar-refractivity contribution in [2.45, 2.75) is 23.3 Å². The maximum absolute atomic E-state index is 12.3. The van der Waals surface area contributed by atoms with E-state index < -0.39 is 15.4 Å². The summed E-state index contributed by atoms with van der Waals surface area (Å²) in [5.74, 6) is 0.106. The van der Waals surface area contributed by atoms with Crippen molar-refractivity contribution in [2.75, 3.05) is 19.3 Å². The standard InChI is InChI=1S/C14H17NO4S/c1-20(18,19)12-4-2-3-10(7-12)13(16)15-8-14(17,9-15)11-5-6-11/h2-4,7,11,17H,5-6,8-9H2,1H3. The van der Waals surface area contributed by atoms with Crippen molar-refractivity contribution in [3.8, 4) is 0 Å². The quantitative estimate of drug-likeness (QED) is 0.890. The van der Waals surface area contributed by atoms with E-state index in [1.807, 2.05) is 0 Å². The van der Waals surface area contributed by atoms with Gasteiger partial charge in [-0.3, -0.25) is 4.79 Å². The fraction of sp³-hybridized carbons (Fsp3) is 0.500. The van der Waals surface area contributed by atoms with Crippen LogP contribution in [0.25, 0.3) is 0 Å². The first-order valence-electron chi connectivity index (χ1n) is 6.61. The molecule has 0 unspecified atom stereocenters. The van der Waals surface area contributed by atoms with Crippen LogP contribution in [0, 0.1) is 5.92 Å². The molecule has 6 heteroatoms. The Kier molecular flexibility index (Phi) is 2.92. The Morgan fingerprint density at radius 3 is 2.55 bits per heavy atom. The van der Waals surface area contributed by atoms with Gasteiger partial charge < -0.3 is 10.0 Å². The molecule has 0 radical (unpaired) electrons. The Labute approximate surface area is 118 Å². The van der Waals surface area contributed by atoms with Crippen molar-refractivity contribution in [1.82, 2.24) is 4.90 Å². The van der Waals surface area contributed by atoms with Crippen molar-refractivity contribution in [1.29, 1.82) is 0 Å². The Morgan fingerprint density at radius 1 is 1.35 bits per heavy atom. The third-order valence-corrected chi connectivity index (χ3v) is 5.17. The maximum atomic E-state index is 12.3. The van der Waals surface area contributed by atoms with Gasteiger partial charge in [-0.05, 0) is 37.0 Å². The highest BCUT2D eigenvalue weighted by Gasteiger charge is 2.53. The van der Waals surface area contributed by atoms with Gasteiger partial charge in [0.1, 0.15) is 5.60 Å². The smallest absolute Gasteiger partial charge is 0.254 e. The minimum absolute atomic E-state index is 0.140. The minimum atomic E-state index is -3.32. The lowest BCUT2D eigenvalue weighted by Crippen LogP contribution is -2.64. The zero-order valence-corrected chi connectivity index (χ0v) is 12.1. The van der Waals surface area contributed by atoms with Gasteiger partial charge in [0.25, 0.3) is 5.91 Å². The number of aliphatic hydroxyl groups is 1. The molecule has 5 nitrogen and oxygen atoms in total. The zero-order chi connectivity index (χ0) is 14.5. The summed E-state index contributed by atoms with van der Waals surface area (Å²) in [7, 11) is -3.32. The number of nitrogens with zero attached hydrogens (tertiary/aromatic N) is 1. The van der Waals surface area contributed by atoms with Crippen LogP contribution in [0.2, 0.25) is 0 Å². The number of amides is 1. The predicted molar refractivity (Wildman–Crippen MR) is 73.1 cm³/mol. The monoisotopic (exact) mass is 295 g/mol. The second-order valence-electron chi connectivity index (χ2n) is 5.84. The van der Waals surface area contributed by atoms with E-state index in [1.54, 1.807) is 17.0 Å². The van der Waals surface area contributed by atoms with Gasteiger partial charge >= 0.3 is 0 Å². The first-order chi connectivity index (χ1) is 9.29. The zero-order valence-electron chi connectivity index (χ0n) is 11.2. The van der Waals surface area contributed by atoms with Crippen molar-refractivity contribution in [3.05, 3.63) is 29.8 Å². The van der Waals surface area contributed by atoms with Gasteiger partial charge in [0.05, 0.1) is 18.0 Å². The SMILES string of the molecule is CS(=O)(=O)c1cccc(C(=O)N2CC(O)(C3CC3)C2)c1. The van der Waals surface area contributed by atoms with Crippen molar-refractivity contribution < 1.29 is 18.3 Å². The highest BCUT2D eigenvalue weighted by Crippen LogP contribution is 2.44. The summed E-state index contributed by atoms with van der Waals surface area (Å²) < 4.78 is 23.0. The van der Waals surface area contributed by atoms with Crippen LogP contribution in [0.1, 0.15) is 23.2 Å². The number of carbonyl (C=O) groups is 1. The molecule has 20 heavy (non-hydrogen) atoms.